The Balaban J connectivity index is 3.41. The van der Waals surface area contributed by atoms with Crippen LogP contribution in [0.2, 0.25) is 0 Å². The average molecular weight is 246 g/mol. The van der Waals surface area contributed by atoms with E-state index in [9.17, 15) is 5.11 Å². The highest BCUT2D eigenvalue weighted by Gasteiger charge is 2.12. The van der Waals surface area contributed by atoms with Crippen molar-refractivity contribution >= 4 is 15.9 Å². The number of benzene rings is 1. The highest BCUT2D eigenvalue weighted by Crippen LogP contribution is 2.36. The van der Waals surface area contributed by atoms with Crippen LogP contribution in [0.5, 0.6) is 11.5 Å². The predicted octanol–water partition coefficient (Wildman–Crippen LogP) is 1.93. The summed E-state index contributed by atoms with van der Waals surface area (Å²) >= 11 is 3.33. The Labute approximate surface area is 85.6 Å². The third-order valence-corrected chi connectivity index (χ3v) is 2.81. The molecule has 0 heterocycles. The fourth-order valence-corrected chi connectivity index (χ4v) is 1.69. The van der Waals surface area contributed by atoms with Gasteiger partial charge in [0.15, 0.2) is 11.5 Å². The lowest BCUT2D eigenvalue weighted by atomic mass is 10.1. The number of aromatic hydroxyl groups is 1. The van der Waals surface area contributed by atoms with E-state index >= 15 is 0 Å². The second kappa shape index (κ2) is 3.98. The fourth-order valence-electron chi connectivity index (χ4n) is 1.24. The van der Waals surface area contributed by atoms with Gasteiger partial charge in [0.2, 0.25) is 0 Å². The summed E-state index contributed by atoms with van der Waals surface area (Å²) in [5.41, 5.74) is 7.38. The minimum Gasteiger partial charge on any atom is -0.504 e. The number of phenols is 1. The molecule has 0 atom stereocenters. The first-order valence-electron chi connectivity index (χ1n) is 3.86. The SMILES string of the molecule is COc1c(O)cc(Br)c(C)c1CN. The van der Waals surface area contributed by atoms with Crippen LogP contribution in [-0.2, 0) is 6.54 Å². The van der Waals surface area contributed by atoms with Gasteiger partial charge in [0.05, 0.1) is 7.11 Å². The van der Waals surface area contributed by atoms with Crippen LogP contribution in [0.25, 0.3) is 0 Å². The zero-order valence-electron chi connectivity index (χ0n) is 7.60. The molecule has 1 rings (SSSR count). The minimum absolute atomic E-state index is 0.112. The second-order valence-corrected chi connectivity index (χ2v) is 3.57. The van der Waals surface area contributed by atoms with Crippen LogP contribution in [-0.4, -0.2) is 12.2 Å². The van der Waals surface area contributed by atoms with Crippen molar-refractivity contribution in [1.82, 2.24) is 0 Å². The lowest BCUT2D eigenvalue weighted by Gasteiger charge is -2.12. The molecule has 13 heavy (non-hydrogen) atoms. The zero-order valence-corrected chi connectivity index (χ0v) is 9.18. The third kappa shape index (κ3) is 1.78. The Morgan fingerprint density at radius 3 is 2.69 bits per heavy atom. The van der Waals surface area contributed by atoms with Crippen molar-refractivity contribution < 1.29 is 9.84 Å². The lowest BCUT2D eigenvalue weighted by Crippen LogP contribution is -2.03. The largest absolute Gasteiger partial charge is 0.504 e. The van der Waals surface area contributed by atoms with Crippen molar-refractivity contribution in [3.05, 3.63) is 21.7 Å². The van der Waals surface area contributed by atoms with E-state index in [2.05, 4.69) is 15.9 Å². The molecule has 0 fully saturated rings. The van der Waals surface area contributed by atoms with Gasteiger partial charge < -0.3 is 15.6 Å². The van der Waals surface area contributed by atoms with Crippen molar-refractivity contribution in [2.75, 3.05) is 7.11 Å². The minimum atomic E-state index is 0.112. The second-order valence-electron chi connectivity index (χ2n) is 2.72. The quantitative estimate of drug-likeness (QED) is 0.838. The molecule has 0 amide bonds. The zero-order chi connectivity index (χ0) is 10.0. The Kier molecular flexibility index (Phi) is 3.17. The maximum atomic E-state index is 9.52. The van der Waals surface area contributed by atoms with Gasteiger partial charge in [-0.15, -0.1) is 0 Å². The Morgan fingerprint density at radius 2 is 2.23 bits per heavy atom. The molecule has 4 heteroatoms. The van der Waals surface area contributed by atoms with Crippen molar-refractivity contribution in [3.8, 4) is 11.5 Å². The maximum absolute atomic E-state index is 9.52. The van der Waals surface area contributed by atoms with Crippen molar-refractivity contribution in [2.45, 2.75) is 13.5 Å². The van der Waals surface area contributed by atoms with E-state index < -0.39 is 0 Å². The molecule has 0 aliphatic rings. The summed E-state index contributed by atoms with van der Waals surface area (Å²) in [4.78, 5) is 0. The number of methoxy groups -OCH3 is 1. The molecule has 0 saturated carbocycles. The Morgan fingerprint density at radius 1 is 1.62 bits per heavy atom. The lowest BCUT2D eigenvalue weighted by molar-refractivity contribution is 0.368. The Bertz CT molecular complexity index is 326. The topological polar surface area (TPSA) is 55.5 Å². The van der Waals surface area contributed by atoms with E-state index in [-0.39, 0.29) is 5.75 Å². The number of hydrogen-bond acceptors (Lipinski definition) is 3. The van der Waals surface area contributed by atoms with Crippen LogP contribution in [0.1, 0.15) is 11.1 Å². The van der Waals surface area contributed by atoms with E-state index in [1.165, 1.54) is 7.11 Å². The summed E-state index contributed by atoms with van der Waals surface area (Å²) in [6.45, 7) is 2.27. The molecular formula is C9H12BrNO2. The van der Waals surface area contributed by atoms with Crippen LogP contribution >= 0.6 is 15.9 Å². The first kappa shape index (κ1) is 10.3. The molecule has 0 unspecified atom stereocenters. The number of ether oxygens (including phenoxy) is 1. The smallest absolute Gasteiger partial charge is 0.165 e. The molecular weight excluding hydrogens is 234 g/mol. The molecule has 0 aliphatic heterocycles. The van der Waals surface area contributed by atoms with E-state index in [0.29, 0.717) is 12.3 Å². The van der Waals surface area contributed by atoms with E-state index in [0.717, 1.165) is 15.6 Å². The average Bonchev–Trinajstić information content (AvgIpc) is 2.10. The first-order valence-corrected chi connectivity index (χ1v) is 4.66. The summed E-state index contributed by atoms with van der Waals surface area (Å²) in [7, 11) is 1.52. The van der Waals surface area contributed by atoms with Gasteiger partial charge in [-0.3, -0.25) is 0 Å². The predicted molar refractivity (Wildman–Crippen MR) is 55.0 cm³/mol. The monoisotopic (exact) mass is 245 g/mol. The highest BCUT2D eigenvalue weighted by molar-refractivity contribution is 9.10. The van der Waals surface area contributed by atoms with Crippen molar-refractivity contribution in [3.63, 3.8) is 0 Å². The van der Waals surface area contributed by atoms with E-state index in [4.69, 9.17) is 10.5 Å². The molecule has 0 spiro atoms. The van der Waals surface area contributed by atoms with Crippen LogP contribution in [0, 0.1) is 6.92 Å². The molecule has 0 radical (unpaired) electrons. The third-order valence-electron chi connectivity index (χ3n) is 1.99. The molecule has 0 saturated heterocycles. The van der Waals surface area contributed by atoms with Gasteiger partial charge in [0, 0.05) is 16.6 Å². The van der Waals surface area contributed by atoms with E-state index in [1.807, 2.05) is 6.92 Å². The van der Waals surface area contributed by atoms with Gasteiger partial charge in [-0.2, -0.15) is 0 Å². The van der Waals surface area contributed by atoms with Crippen LogP contribution in [0.15, 0.2) is 10.5 Å². The van der Waals surface area contributed by atoms with Gasteiger partial charge in [0.25, 0.3) is 0 Å². The van der Waals surface area contributed by atoms with Gasteiger partial charge in [-0.05, 0) is 18.6 Å². The normalized spacial score (nSPS) is 10.2. The molecule has 3 N–H and O–H groups in total. The summed E-state index contributed by atoms with van der Waals surface area (Å²) < 4.78 is 5.89. The molecule has 0 bridgehead atoms. The summed E-state index contributed by atoms with van der Waals surface area (Å²) in [5.74, 6) is 0.573. The van der Waals surface area contributed by atoms with Gasteiger partial charge in [-0.25, -0.2) is 0 Å². The summed E-state index contributed by atoms with van der Waals surface area (Å²) in [6, 6.07) is 1.60. The standard InChI is InChI=1S/C9H12BrNO2/c1-5-6(4-11)9(13-2)8(12)3-7(5)10/h3,12H,4,11H2,1-2H3. The number of halogens is 1. The maximum Gasteiger partial charge on any atom is 0.165 e. The van der Waals surface area contributed by atoms with Crippen molar-refractivity contribution in [1.29, 1.82) is 0 Å². The first-order chi connectivity index (χ1) is 6.11. The summed E-state index contributed by atoms with van der Waals surface area (Å²) in [6.07, 6.45) is 0. The van der Waals surface area contributed by atoms with E-state index in [1.54, 1.807) is 6.07 Å². The van der Waals surface area contributed by atoms with Crippen LogP contribution in [0.3, 0.4) is 0 Å². The number of rotatable bonds is 2. The molecule has 1 aromatic carbocycles. The summed E-state index contributed by atoms with van der Waals surface area (Å²) in [5, 5.41) is 9.52. The molecule has 0 aliphatic carbocycles. The van der Waals surface area contributed by atoms with Crippen molar-refractivity contribution in [2.24, 2.45) is 5.73 Å². The highest BCUT2D eigenvalue weighted by atomic mass is 79.9. The van der Waals surface area contributed by atoms with Gasteiger partial charge in [-0.1, -0.05) is 15.9 Å². The molecule has 3 nitrogen and oxygen atoms in total. The molecule has 72 valence electrons. The van der Waals surface area contributed by atoms with Gasteiger partial charge in [0.1, 0.15) is 0 Å². The fraction of sp³-hybridized carbons (Fsp3) is 0.333. The number of hydrogen-bond donors (Lipinski definition) is 2. The molecule has 1 aromatic rings. The van der Waals surface area contributed by atoms with Crippen LogP contribution in [0.4, 0.5) is 0 Å². The molecule has 0 aromatic heterocycles. The number of phenolic OH excluding ortho intramolecular Hbond substituents is 1. The Hall–Kier alpha value is -0.740. The number of nitrogens with two attached hydrogens (primary N) is 1. The van der Waals surface area contributed by atoms with Crippen LogP contribution < -0.4 is 10.5 Å². The van der Waals surface area contributed by atoms with Gasteiger partial charge >= 0.3 is 0 Å².